The Bertz CT molecular complexity index is 476. The fraction of sp³-hybridized carbons (Fsp3) is 0.182. The molecule has 0 aliphatic heterocycles. The number of hydrogen-bond donors (Lipinski definition) is 0. The minimum atomic E-state index is 0.568. The van der Waals surface area contributed by atoms with Crippen molar-refractivity contribution in [2.24, 2.45) is 0 Å². The van der Waals surface area contributed by atoms with Crippen molar-refractivity contribution in [2.75, 3.05) is 0 Å². The average molecular weight is 201 g/mol. The highest BCUT2D eigenvalue weighted by atomic mass is 16.1. The zero-order valence-corrected chi connectivity index (χ0v) is 8.42. The molecular formula is C11H11N3O. The molecule has 0 amide bonds. The Morgan fingerprint density at radius 2 is 2.33 bits per heavy atom. The topological polar surface area (TPSA) is 47.8 Å². The molecule has 15 heavy (non-hydrogen) atoms. The minimum absolute atomic E-state index is 0.568. The molecule has 0 saturated carbocycles. The second-order valence-corrected chi connectivity index (χ2v) is 3.16. The first kappa shape index (κ1) is 9.58. The molecule has 0 spiro atoms. The number of rotatable bonds is 3. The Morgan fingerprint density at radius 1 is 1.47 bits per heavy atom. The van der Waals surface area contributed by atoms with Crippen LogP contribution < -0.4 is 0 Å². The van der Waals surface area contributed by atoms with E-state index in [1.54, 1.807) is 18.5 Å². The summed E-state index contributed by atoms with van der Waals surface area (Å²) in [6, 6.07) is 1.79. The molecule has 4 nitrogen and oxygen atoms in total. The van der Waals surface area contributed by atoms with Crippen LogP contribution in [0.5, 0.6) is 0 Å². The van der Waals surface area contributed by atoms with Gasteiger partial charge in [-0.2, -0.15) is 0 Å². The van der Waals surface area contributed by atoms with Crippen molar-refractivity contribution < 1.29 is 4.79 Å². The second kappa shape index (κ2) is 4.04. The SMILES string of the molecule is CCn1ccnc1-c1cncc(C=O)c1. The van der Waals surface area contributed by atoms with Crippen molar-refractivity contribution in [3.63, 3.8) is 0 Å². The fourth-order valence-corrected chi connectivity index (χ4v) is 1.47. The normalized spacial score (nSPS) is 10.2. The first-order chi connectivity index (χ1) is 7.35. The van der Waals surface area contributed by atoms with Crippen LogP contribution in [0.15, 0.2) is 30.9 Å². The molecule has 0 saturated heterocycles. The lowest BCUT2D eigenvalue weighted by molar-refractivity contribution is 0.112. The van der Waals surface area contributed by atoms with Gasteiger partial charge in [0.25, 0.3) is 0 Å². The first-order valence-electron chi connectivity index (χ1n) is 4.77. The van der Waals surface area contributed by atoms with E-state index >= 15 is 0 Å². The van der Waals surface area contributed by atoms with Crippen molar-refractivity contribution in [2.45, 2.75) is 13.5 Å². The Balaban J connectivity index is 2.48. The number of carbonyl (C=O) groups is 1. The molecule has 2 aromatic rings. The monoisotopic (exact) mass is 201 g/mol. The molecule has 0 radical (unpaired) electrons. The maximum Gasteiger partial charge on any atom is 0.151 e. The van der Waals surface area contributed by atoms with Crippen molar-refractivity contribution in [1.82, 2.24) is 14.5 Å². The van der Waals surface area contributed by atoms with Gasteiger partial charge in [0, 0.05) is 42.5 Å². The van der Waals surface area contributed by atoms with Crippen molar-refractivity contribution in [3.8, 4) is 11.4 Å². The highest BCUT2D eigenvalue weighted by molar-refractivity contribution is 5.76. The molecule has 0 unspecified atom stereocenters. The number of nitrogens with zero attached hydrogens (tertiary/aromatic N) is 3. The minimum Gasteiger partial charge on any atom is -0.331 e. The van der Waals surface area contributed by atoms with E-state index in [9.17, 15) is 4.79 Å². The van der Waals surface area contributed by atoms with Crippen LogP contribution in [0.4, 0.5) is 0 Å². The van der Waals surface area contributed by atoms with Crippen LogP contribution >= 0.6 is 0 Å². The summed E-state index contributed by atoms with van der Waals surface area (Å²) in [6.07, 6.45) is 7.68. The van der Waals surface area contributed by atoms with Gasteiger partial charge in [-0.15, -0.1) is 0 Å². The average Bonchev–Trinajstić information content (AvgIpc) is 2.77. The molecule has 0 aliphatic carbocycles. The summed E-state index contributed by atoms with van der Waals surface area (Å²) in [4.78, 5) is 18.9. The fourth-order valence-electron chi connectivity index (χ4n) is 1.47. The molecule has 0 aromatic carbocycles. The van der Waals surface area contributed by atoms with Gasteiger partial charge in [0.1, 0.15) is 5.82 Å². The number of imidazole rings is 1. The summed E-state index contributed by atoms with van der Waals surface area (Å²) in [6.45, 7) is 2.89. The third-order valence-corrected chi connectivity index (χ3v) is 2.21. The Labute approximate surface area is 87.6 Å². The van der Waals surface area contributed by atoms with Gasteiger partial charge in [-0.1, -0.05) is 0 Å². The standard InChI is InChI=1S/C11H11N3O/c1-2-14-4-3-13-11(14)10-5-9(8-15)6-12-7-10/h3-8H,2H2,1H3. The van der Waals surface area contributed by atoms with Gasteiger partial charge < -0.3 is 4.57 Å². The van der Waals surface area contributed by atoms with E-state index < -0.39 is 0 Å². The zero-order valence-electron chi connectivity index (χ0n) is 8.42. The maximum absolute atomic E-state index is 10.6. The summed E-state index contributed by atoms with van der Waals surface area (Å²) < 4.78 is 2.01. The summed E-state index contributed by atoms with van der Waals surface area (Å²) >= 11 is 0. The van der Waals surface area contributed by atoms with Crippen molar-refractivity contribution in [1.29, 1.82) is 0 Å². The summed E-state index contributed by atoms with van der Waals surface area (Å²) in [7, 11) is 0. The lowest BCUT2D eigenvalue weighted by Crippen LogP contribution is -1.97. The van der Waals surface area contributed by atoms with E-state index in [4.69, 9.17) is 0 Å². The van der Waals surface area contributed by atoms with E-state index in [0.29, 0.717) is 5.56 Å². The number of hydrogen-bond acceptors (Lipinski definition) is 3. The number of aryl methyl sites for hydroxylation is 1. The molecule has 2 rings (SSSR count). The highest BCUT2D eigenvalue weighted by Crippen LogP contribution is 2.16. The van der Waals surface area contributed by atoms with Crippen molar-refractivity contribution >= 4 is 6.29 Å². The Kier molecular flexibility index (Phi) is 2.58. The van der Waals surface area contributed by atoms with E-state index in [0.717, 1.165) is 24.2 Å². The van der Waals surface area contributed by atoms with Crippen LogP contribution in [0, 0.1) is 0 Å². The van der Waals surface area contributed by atoms with Crippen LogP contribution in [0.1, 0.15) is 17.3 Å². The number of carbonyl (C=O) groups excluding carboxylic acids is 1. The van der Waals surface area contributed by atoms with E-state index in [1.807, 2.05) is 17.7 Å². The molecule has 2 heterocycles. The maximum atomic E-state index is 10.6. The van der Waals surface area contributed by atoms with Crippen molar-refractivity contribution in [3.05, 3.63) is 36.4 Å². The summed E-state index contributed by atoms with van der Waals surface area (Å²) in [5.74, 6) is 0.841. The van der Waals surface area contributed by atoms with Crippen LogP contribution in [0.3, 0.4) is 0 Å². The smallest absolute Gasteiger partial charge is 0.151 e. The van der Waals surface area contributed by atoms with E-state index in [1.165, 1.54) is 6.20 Å². The Morgan fingerprint density at radius 3 is 3.07 bits per heavy atom. The number of aldehydes is 1. The molecule has 4 heteroatoms. The van der Waals surface area contributed by atoms with Gasteiger partial charge in [-0.3, -0.25) is 9.78 Å². The number of pyridine rings is 1. The molecule has 0 atom stereocenters. The molecular weight excluding hydrogens is 190 g/mol. The van der Waals surface area contributed by atoms with Gasteiger partial charge in [0.05, 0.1) is 0 Å². The van der Waals surface area contributed by atoms with Gasteiger partial charge in [0.2, 0.25) is 0 Å². The quantitative estimate of drug-likeness (QED) is 0.711. The van der Waals surface area contributed by atoms with Gasteiger partial charge in [0.15, 0.2) is 6.29 Å². The van der Waals surface area contributed by atoms with E-state index in [-0.39, 0.29) is 0 Å². The largest absolute Gasteiger partial charge is 0.331 e. The molecule has 0 bridgehead atoms. The number of aromatic nitrogens is 3. The highest BCUT2D eigenvalue weighted by Gasteiger charge is 2.05. The van der Waals surface area contributed by atoms with Crippen LogP contribution in [0.25, 0.3) is 11.4 Å². The molecule has 0 fully saturated rings. The van der Waals surface area contributed by atoms with Gasteiger partial charge in [-0.05, 0) is 13.0 Å². The molecule has 2 aromatic heterocycles. The van der Waals surface area contributed by atoms with Gasteiger partial charge in [-0.25, -0.2) is 4.98 Å². The molecule has 0 aliphatic rings. The predicted molar refractivity (Wildman–Crippen MR) is 56.5 cm³/mol. The molecule has 76 valence electrons. The van der Waals surface area contributed by atoms with Crippen LogP contribution in [0.2, 0.25) is 0 Å². The molecule has 0 N–H and O–H groups in total. The summed E-state index contributed by atoms with van der Waals surface area (Å²) in [5.41, 5.74) is 1.43. The lowest BCUT2D eigenvalue weighted by atomic mass is 10.2. The third-order valence-electron chi connectivity index (χ3n) is 2.21. The van der Waals surface area contributed by atoms with Gasteiger partial charge >= 0.3 is 0 Å². The third kappa shape index (κ3) is 1.79. The first-order valence-corrected chi connectivity index (χ1v) is 4.77. The van der Waals surface area contributed by atoms with E-state index in [2.05, 4.69) is 9.97 Å². The Hall–Kier alpha value is -1.97. The zero-order chi connectivity index (χ0) is 10.7. The summed E-state index contributed by atoms with van der Waals surface area (Å²) in [5, 5.41) is 0. The second-order valence-electron chi connectivity index (χ2n) is 3.16. The predicted octanol–water partition coefficient (Wildman–Crippen LogP) is 1.78. The van der Waals surface area contributed by atoms with Crippen LogP contribution in [-0.4, -0.2) is 20.8 Å². The van der Waals surface area contributed by atoms with Crippen LogP contribution in [-0.2, 0) is 6.54 Å². The lowest BCUT2D eigenvalue weighted by Gasteiger charge is -2.04.